The number of nitrogens with zero attached hydrogens (tertiary/aromatic N) is 2. The second-order valence-corrected chi connectivity index (χ2v) is 5.69. The summed E-state index contributed by atoms with van der Waals surface area (Å²) < 4.78 is 0. The summed E-state index contributed by atoms with van der Waals surface area (Å²) in [5.41, 5.74) is 0. The van der Waals surface area contributed by atoms with E-state index in [1.807, 2.05) is 0 Å². The monoisotopic (exact) mass is 276 g/mol. The summed E-state index contributed by atoms with van der Waals surface area (Å²) in [4.78, 5) is 0.377. The fraction of sp³-hybridized carbons (Fsp3) is 0.800. The molecule has 2 unspecified atom stereocenters. The zero-order valence-electron chi connectivity index (χ0n) is 8.96. The summed E-state index contributed by atoms with van der Waals surface area (Å²) in [7, 11) is 0. The number of alkyl halides is 1. The Hall–Kier alpha value is 0.0400. The predicted molar refractivity (Wildman–Crippen MR) is 65.2 cm³/mol. The normalized spacial score (nSPS) is 15.4. The number of hydrogen-bond donors (Lipinski definition) is 0. The quantitative estimate of drug-likeness (QED) is 0.750. The molecule has 1 aromatic rings. The molecule has 0 saturated heterocycles. The first-order valence-electron chi connectivity index (χ1n) is 5.16. The van der Waals surface area contributed by atoms with Gasteiger partial charge in [-0.25, -0.2) is 0 Å². The maximum atomic E-state index is 4.24. The Labute approximate surface area is 98.3 Å². The molecule has 2 nitrogen and oxygen atoms in total. The van der Waals surface area contributed by atoms with Crippen molar-refractivity contribution in [1.29, 1.82) is 0 Å². The van der Waals surface area contributed by atoms with Crippen LogP contribution in [0, 0.1) is 0 Å². The highest BCUT2D eigenvalue weighted by molar-refractivity contribution is 9.09. The second-order valence-electron chi connectivity index (χ2n) is 3.54. The van der Waals surface area contributed by atoms with E-state index >= 15 is 0 Å². The van der Waals surface area contributed by atoms with Gasteiger partial charge in [0.25, 0.3) is 0 Å². The summed E-state index contributed by atoms with van der Waals surface area (Å²) in [5, 5.41) is 10.8. The fourth-order valence-corrected chi connectivity index (χ4v) is 2.67. The Morgan fingerprint density at radius 1 is 1.29 bits per heavy atom. The Kier molecular flexibility index (Phi) is 5.02. The molecule has 0 spiro atoms. The summed E-state index contributed by atoms with van der Waals surface area (Å²) >= 11 is 5.34. The number of aromatic nitrogens is 2. The van der Waals surface area contributed by atoms with Crippen LogP contribution in [0.1, 0.15) is 60.8 Å². The van der Waals surface area contributed by atoms with E-state index in [1.165, 1.54) is 17.8 Å². The van der Waals surface area contributed by atoms with Crippen LogP contribution in [-0.4, -0.2) is 10.2 Å². The minimum atomic E-state index is 0.377. The van der Waals surface area contributed by atoms with Gasteiger partial charge in [0.1, 0.15) is 10.0 Å². The summed E-state index contributed by atoms with van der Waals surface area (Å²) in [5.74, 6) is 0.558. The van der Waals surface area contributed by atoms with Gasteiger partial charge in [0.2, 0.25) is 0 Å². The Morgan fingerprint density at radius 2 is 1.93 bits per heavy atom. The minimum Gasteiger partial charge on any atom is -0.143 e. The third-order valence-corrected chi connectivity index (χ3v) is 4.88. The molecule has 0 saturated carbocycles. The first-order valence-corrected chi connectivity index (χ1v) is 6.89. The first kappa shape index (κ1) is 12.1. The largest absolute Gasteiger partial charge is 0.143 e. The molecule has 0 aliphatic rings. The third-order valence-electron chi connectivity index (χ3n) is 2.23. The van der Waals surface area contributed by atoms with Crippen molar-refractivity contribution in [1.82, 2.24) is 10.2 Å². The lowest BCUT2D eigenvalue weighted by molar-refractivity contribution is 0.652. The lowest BCUT2D eigenvalue weighted by Gasteiger charge is -2.03. The highest BCUT2D eigenvalue weighted by Gasteiger charge is 2.15. The fourth-order valence-electron chi connectivity index (χ4n) is 1.30. The molecule has 14 heavy (non-hydrogen) atoms. The van der Waals surface area contributed by atoms with Crippen molar-refractivity contribution in [3.63, 3.8) is 0 Å². The van der Waals surface area contributed by atoms with Crippen LogP contribution in [0.25, 0.3) is 0 Å². The molecule has 0 aliphatic carbocycles. The van der Waals surface area contributed by atoms with Crippen molar-refractivity contribution in [2.24, 2.45) is 0 Å². The topological polar surface area (TPSA) is 25.8 Å². The maximum absolute atomic E-state index is 4.24. The molecule has 0 bridgehead atoms. The van der Waals surface area contributed by atoms with Crippen molar-refractivity contribution < 1.29 is 0 Å². The van der Waals surface area contributed by atoms with E-state index < -0.39 is 0 Å². The molecular formula is C10H17BrN2S. The number of halogens is 1. The standard InChI is InChI=1S/C10H17BrN2S/c1-4-6-7(3)9-12-13-10(14-9)8(11)5-2/h7-8H,4-6H2,1-3H3. The molecule has 0 aromatic carbocycles. The van der Waals surface area contributed by atoms with Crippen molar-refractivity contribution in [2.75, 3.05) is 0 Å². The van der Waals surface area contributed by atoms with E-state index in [-0.39, 0.29) is 0 Å². The van der Waals surface area contributed by atoms with Crippen LogP contribution in [0.3, 0.4) is 0 Å². The van der Waals surface area contributed by atoms with Crippen LogP contribution < -0.4 is 0 Å². The molecular weight excluding hydrogens is 260 g/mol. The Bertz CT molecular complexity index is 275. The summed E-state index contributed by atoms with van der Waals surface area (Å²) in [6.07, 6.45) is 3.48. The number of hydrogen-bond acceptors (Lipinski definition) is 3. The molecule has 0 amide bonds. The zero-order chi connectivity index (χ0) is 10.6. The van der Waals surface area contributed by atoms with E-state index in [2.05, 4.69) is 46.9 Å². The van der Waals surface area contributed by atoms with Crippen molar-refractivity contribution >= 4 is 27.3 Å². The Morgan fingerprint density at radius 3 is 2.50 bits per heavy atom. The Balaban J connectivity index is 2.67. The van der Waals surface area contributed by atoms with Gasteiger partial charge in [-0.1, -0.05) is 43.1 Å². The molecule has 80 valence electrons. The van der Waals surface area contributed by atoms with Gasteiger partial charge in [0.05, 0.1) is 4.83 Å². The highest BCUT2D eigenvalue weighted by atomic mass is 79.9. The van der Waals surface area contributed by atoms with Crippen molar-refractivity contribution in [3.8, 4) is 0 Å². The molecule has 4 heteroatoms. The average Bonchev–Trinajstić information content (AvgIpc) is 2.66. The van der Waals surface area contributed by atoms with Crippen LogP contribution in [-0.2, 0) is 0 Å². The molecule has 0 fully saturated rings. The molecule has 1 rings (SSSR count). The van der Waals surface area contributed by atoms with Gasteiger partial charge in [-0.05, 0) is 12.8 Å². The summed E-state index contributed by atoms with van der Waals surface area (Å²) in [6.45, 7) is 6.58. The first-order chi connectivity index (χ1) is 6.69. The van der Waals surface area contributed by atoms with Gasteiger partial charge in [-0.15, -0.1) is 21.5 Å². The van der Waals surface area contributed by atoms with Gasteiger partial charge < -0.3 is 0 Å². The molecule has 2 atom stereocenters. The average molecular weight is 277 g/mol. The summed E-state index contributed by atoms with van der Waals surface area (Å²) in [6, 6.07) is 0. The smallest absolute Gasteiger partial charge is 0.131 e. The van der Waals surface area contributed by atoms with Gasteiger partial charge >= 0.3 is 0 Å². The third kappa shape index (κ3) is 3.02. The van der Waals surface area contributed by atoms with Crippen LogP contribution in [0.2, 0.25) is 0 Å². The maximum Gasteiger partial charge on any atom is 0.131 e. The highest BCUT2D eigenvalue weighted by Crippen LogP contribution is 2.32. The van der Waals surface area contributed by atoms with Crippen molar-refractivity contribution in [3.05, 3.63) is 10.0 Å². The second kappa shape index (κ2) is 5.81. The molecule has 0 aliphatic heterocycles. The minimum absolute atomic E-state index is 0.377. The van der Waals surface area contributed by atoms with E-state index in [0.717, 1.165) is 11.4 Å². The van der Waals surface area contributed by atoms with Gasteiger partial charge in [-0.3, -0.25) is 0 Å². The van der Waals surface area contributed by atoms with Gasteiger partial charge in [0.15, 0.2) is 0 Å². The lowest BCUT2D eigenvalue weighted by atomic mass is 10.1. The molecule has 1 aromatic heterocycles. The predicted octanol–water partition coefficient (Wildman–Crippen LogP) is 4.29. The SMILES string of the molecule is CCCC(C)c1nnc(C(Br)CC)s1. The van der Waals surface area contributed by atoms with Gasteiger partial charge in [-0.2, -0.15) is 0 Å². The van der Waals surface area contributed by atoms with Crippen LogP contribution in [0.4, 0.5) is 0 Å². The van der Waals surface area contributed by atoms with E-state index in [1.54, 1.807) is 11.3 Å². The van der Waals surface area contributed by atoms with Crippen LogP contribution in [0.15, 0.2) is 0 Å². The molecule has 1 heterocycles. The van der Waals surface area contributed by atoms with E-state index in [0.29, 0.717) is 10.7 Å². The van der Waals surface area contributed by atoms with Crippen molar-refractivity contribution in [2.45, 2.75) is 50.8 Å². The van der Waals surface area contributed by atoms with Crippen LogP contribution in [0.5, 0.6) is 0 Å². The molecule has 0 radical (unpaired) electrons. The zero-order valence-corrected chi connectivity index (χ0v) is 11.4. The lowest BCUT2D eigenvalue weighted by Crippen LogP contribution is -1.91. The van der Waals surface area contributed by atoms with Crippen LogP contribution >= 0.6 is 27.3 Å². The number of rotatable bonds is 5. The van der Waals surface area contributed by atoms with Gasteiger partial charge in [0, 0.05) is 5.92 Å². The molecule has 0 N–H and O–H groups in total. The van der Waals surface area contributed by atoms with E-state index in [4.69, 9.17) is 0 Å². The van der Waals surface area contributed by atoms with E-state index in [9.17, 15) is 0 Å².